The van der Waals surface area contributed by atoms with Crippen LogP contribution in [0.5, 0.6) is 5.75 Å². The van der Waals surface area contributed by atoms with Gasteiger partial charge in [0.05, 0.1) is 0 Å². The summed E-state index contributed by atoms with van der Waals surface area (Å²) in [4.78, 5) is 13.2. The number of thiol groups is 1. The molecule has 6 nitrogen and oxygen atoms in total. The molecule has 1 rings (SSSR count). The van der Waals surface area contributed by atoms with E-state index in [4.69, 9.17) is 34.0 Å². The van der Waals surface area contributed by atoms with E-state index in [1.165, 1.54) is 0 Å². The molecule has 0 fully saturated rings. The molecule has 0 aliphatic heterocycles. The van der Waals surface area contributed by atoms with Crippen molar-refractivity contribution in [3.63, 3.8) is 0 Å². The van der Waals surface area contributed by atoms with E-state index in [1.54, 1.807) is 11.8 Å². The molecule has 0 aliphatic carbocycles. The lowest BCUT2D eigenvalue weighted by Crippen LogP contribution is -2.30. The minimum absolute atomic E-state index is 0.345. The Morgan fingerprint density at radius 3 is 2.00 bits per heavy atom. The first kappa shape index (κ1) is 29.8. The first-order valence-electron chi connectivity index (χ1n) is 10.2. The molecule has 1 aromatic carbocycles. The molecule has 1 amide bonds. The topological polar surface area (TPSA) is 79.0 Å². The van der Waals surface area contributed by atoms with Crippen molar-refractivity contribution in [2.75, 3.05) is 26.2 Å². The number of nitrogens with two attached hydrogens (primary N) is 1. The number of phenols is 1. The van der Waals surface area contributed by atoms with Gasteiger partial charge in [-0.25, -0.2) is 0 Å². The van der Waals surface area contributed by atoms with Crippen LogP contribution in [0, 0.1) is 13.8 Å². The van der Waals surface area contributed by atoms with Crippen LogP contribution in [0.25, 0.3) is 0 Å². The maximum Gasteiger partial charge on any atom is 0.273 e. The molecule has 0 heterocycles. The highest BCUT2D eigenvalue weighted by molar-refractivity contribution is 8.22. The maximum atomic E-state index is 10.6. The SMILES string of the molecule is CCN(CC)C(=S)OCc1cc(CSC(=S)N(CC)CC)c(O)c(C)c1C.NC(=O)S. The number of primary amides is 1. The Bertz CT molecular complexity index is 696. The van der Waals surface area contributed by atoms with Crippen LogP contribution in [-0.4, -0.2) is 55.8 Å². The van der Waals surface area contributed by atoms with E-state index in [0.717, 1.165) is 52.8 Å². The Morgan fingerprint density at radius 1 is 1.06 bits per heavy atom. The van der Waals surface area contributed by atoms with Crippen LogP contribution >= 0.6 is 48.8 Å². The smallest absolute Gasteiger partial charge is 0.273 e. The number of aromatic hydroxyl groups is 1. The van der Waals surface area contributed by atoms with E-state index in [0.29, 0.717) is 23.3 Å². The maximum absolute atomic E-state index is 10.6. The van der Waals surface area contributed by atoms with Crippen LogP contribution in [0.2, 0.25) is 0 Å². The van der Waals surface area contributed by atoms with Gasteiger partial charge in [-0.3, -0.25) is 4.79 Å². The monoisotopic (exact) mass is 505 g/mol. The van der Waals surface area contributed by atoms with E-state index >= 15 is 0 Å². The lowest BCUT2D eigenvalue weighted by Gasteiger charge is -2.23. The number of carbonyl (C=O) groups is 1. The van der Waals surface area contributed by atoms with Crippen molar-refractivity contribution >= 4 is 63.6 Å². The van der Waals surface area contributed by atoms with Crippen molar-refractivity contribution in [1.82, 2.24) is 9.80 Å². The number of thiocarbonyl (C=S) groups is 2. The molecule has 0 spiro atoms. The zero-order valence-corrected chi connectivity index (χ0v) is 22.6. The number of nitrogens with zero attached hydrogens (tertiary/aromatic N) is 2. The Balaban J connectivity index is 0.00000206. The number of carbonyl (C=O) groups excluding carboxylic acids is 1. The summed E-state index contributed by atoms with van der Waals surface area (Å²) in [6.07, 6.45) is 0. The van der Waals surface area contributed by atoms with Gasteiger partial charge in [0, 0.05) is 37.5 Å². The predicted molar refractivity (Wildman–Crippen MR) is 143 cm³/mol. The molecule has 0 atom stereocenters. The van der Waals surface area contributed by atoms with Gasteiger partial charge in [-0.2, -0.15) is 0 Å². The highest BCUT2D eigenvalue weighted by atomic mass is 32.2. The first-order valence-corrected chi connectivity index (χ1v) is 12.4. The minimum Gasteiger partial charge on any atom is -0.507 e. The largest absolute Gasteiger partial charge is 0.507 e. The molecule has 10 heteroatoms. The summed E-state index contributed by atoms with van der Waals surface area (Å²) in [5, 5.41) is 10.4. The zero-order valence-electron chi connectivity index (χ0n) is 19.2. The summed E-state index contributed by atoms with van der Waals surface area (Å²) in [5.74, 6) is 0.980. The van der Waals surface area contributed by atoms with Crippen molar-refractivity contribution in [3.8, 4) is 5.75 Å². The summed E-state index contributed by atoms with van der Waals surface area (Å²) < 4.78 is 6.70. The summed E-state index contributed by atoms with van der Waals surface area (Å²) in [6.45, 7) is 16.1. The second-order valence-corrected chi connectivity index (χ2v) is 8.98. The average Bonchev–Trinajstić information content (AvgIpc) is 2.72. The Morgan fingerprint density at radius 2 is 1.55 bits per heavy atom. The molecule has 0 saturated heterocycles. The van der Waals surface area contributed by atoms with Crippen molar-refractivity contribution in [3.05, 3.63) is 28.3 Å². The standard InChI is InChI=1S/C20H32N2O2S3.CH3NOS/c1-7-21(8-2)19(25)24-12-16-11-17(18(23)15(6)14(16)5)13-27-20(26)22(9-3)10-4;2-1(3)4/h11,23H,7-10,12-13H2,1-6H3;(H3,2,3,4). The van der Waals surface area contributed by atoms with Crippen molar-refractivity contribution in [1.29, 1.82) is 0 Å². The highest BCUT2D eigenvalue weighted by Crippen LogP contribution is 2.32. The lowest BCUT2D eigenvalue weighted by molar-refractivity contribution is 0.238. The van der Waals surface area contributed by atoms with Crippen LogP contribution in [0.4, 0.5) is 4.79 Å². The lowest BCUT2D eigenvalue weighted by atomic mass is 9.99. The highest BCUT2D eigenvalue weighted by Gasteiger charge is 2.15. The molecule has 0 radical (unpaired) electrons. The predicted octanol–water partition coefficient (Wildman–Crippen LogP) is 5.01. The fourth-order valence-corrected chi connectivity index (χ4v) is 4.42. The van der Waals surface area contributed by atoms with Gasteiger partial charge < -0.3 is 25.4 Å². The van der Waals surface area contributed by atoms with E-state index in [1.807, 2.05) is 24.8 Å². The molecule has 0 aliphatic rings. The molecule has 1 aromatic rings. The molecule has 31 heavy (non-hydrogen) atoms. The van der Waals surface area contributed by atoms with Gasteiger partial charge in [0.1, 0.15) is 16.7 Å². The third-order valence-corrected chi connectivity index (χ3v) is 6.75. The molecule has 176 valence electrons. The summed E-state index contributed by atoms with van der Waals surface area (Å²) in [7, 11) is 0. The Hall–Kier alpha value is -1.23. The molecule has 0 aromatic heterocycles. The van der Waals surface area contributed by atoms with Crippen LogP contribution in [-0.2, 0) is 17.1 Å². The first-order chi connectivity index (χ1) is 14.5. The molecular formula is C21H35N3O3S4. The van der Waals surface area contributed by atoms with Gasteiger partial charge >= 0.3 is 0 Å². The van der Waals surface area contributed by atoms with E-state index in [-0.39, 0.29) is 0 Å². The summed E-state index contributed by atoms with van der Waals surface area (Å²) >= 11 is 15.6. The van der Waals surface area contributed by atoms with E-state index < -0.39 is 5.24 Å². The fourth-order valence-electron chi connectivity index (χ4n) is 2.73. The number of hydrogen-bond acceptors (Lipinski definition) is 6. The van der Waals surface area contributed by atoms with Crippen LogP contribution in [0.15, 0.2) is 6.07 Å². The molecule has 3 N–H and O–H groups in total. The quantitative estimate of drug-likeness (QED) is 0.336. The molecule has 0 bridgehead atoms. The normalized spacial score (nSPS) is 10.0. The second-order valence-electron chi connectivity index (χ2n) is 6.59. The Kier molecular flexibility index (Phi) is 14.9. The van der Waals surface area contributed by atoms with Crippen molar-refractivity contribution in [2.45, 2.75) is 53.9 Å². The minimum atomic E-state index is -0.639. The van der Waals surface area contributed by atoms with Crippen LogP contribution in [0.1, 0.15) is 49.9 Å². The van der Waals surface area contributed by atoms with Crippen molar-refractivity contribution in [2.24, 2.45) is 5.73 Å². The summed E-state index contributed by atoms with van der Waals surface area (Å²) in [5.41, 5.74) is 8.18. The van der Waals surface area contributed by atoms with Gasteiger partial charge in [-0.05, 0) is 76.5 Å². The number of hydrogen-bond donors (Lipinski definition) is 3. The average molecular weight is 506 g/mol. The van der Waals surface area contributed by atoms with Crippen molar-refractivity contribution < 1.29 is 14.6 Å². The third kappa shape index (κ3) is 10.3. The van der Waals surface area contributed by atoms with Gasteiger partial charge in [-0.1, -0.05) is 36.6 Å². The van der Waals surface area contributed by atoms with Gasteiger partial charge in [-0.15, -0.1) is 0 Å². The number of phenolic OH excluding ortho intramolecular Hbond substituents is 1. The van der Waals surface area contributed by atoms with Gasteiger partial charge in [0.2, 0.25) is 0 Å². The zero-order chi connectivity index (χ0) is 24.1. The van der Waals surface area contributed by atoms with Crippen LogP contribution < -0.4 is 5.73 Å². The number of amides is 1. The van der Waals surface area contributed by atoms with Gasteiger partial charge in [0.15, 0.2) is 0 Å². The third-order valence-electron chi connectivity index (χ3n) is 4.80. The fraction of sp³-hybridized carbons (Fsp3) is 0.571. The molecule has 0 saturated carbocycles. The van der Waals surface area contributed by atoms with Gasteiger partial charge in [0.25, 0.3) is 10.4 Å². The number of ether oxygens (including phenoxy) is 1. The molecular weight excluding hydrogens is 471 g/mol. The summed E-state index contributed by atoms with van der Waals surface area (Å²) in [6, 6.07) is 2.01. The second kappa shape index (κ2) is 15.6. The number of benzene rings is 1. The number of thioether (sulfide) groups is 1. The number of rotatable bonds is 8. The van der Waals surface area contributed by atoms with Crippen LogP contribution in [0.3, 0.4) is 0 Å². The molecule has 0 unspecified atom stereocenters. The van der Waals surface area contributed by atoms with E-state index in [9.17, 15) is 5.11 Å². The van der Waals surface area contributed by atoms with E-state index in [2.05, 4.69) is 51.0 Å². The Labute approximate surface area is 207 Å².